The third-order valence-electron chi connectivity index (χ3n) is 4.80. The highest BCUT2D eigenvalue weighted by Crippen LogP contribution is 2.27. The standard InChI is InChI=1S/C24H21N3O3S/c1-2-16-11-13-17(14-12-16)22(28)26-27-23(29)19-8-4-3-7-18(19)15-31-24-25-20-9-5-6-10-21(20)30-24/h3-14H,2,15H2,1H3,(H,26,28)(H,27,29). The summed E-state index contributed by atoms with van der Waals surface area (Å²) < 4.78 is 5.73. The average Bonchev–Trinajstić information content (AvgIpc) is 3.24. The Balaban J connectivity index is 1.39. The Kier molecular flexibility index (Phi) is 6.33. The van der Waals surface area contributed by atoms with Gasteiger partial charge in [-0.3, -0.25) is 20.4 Å². The molecule has 2 amide bonds. The van der Waals surface area contributed by atoms with Gasteiger partial charge in [-0.15, -0.1) is 0 Å². The van der Waals surface area contributed by atoms with Crippen LogP contribution in [0.15, 0.2) is 82.4 Å². The number of carbonyl (C=O) groups excluding carboxylic acids is 2. The number of thioether (sulfide) groups is 1. The van der Waals surface area contributed by atoms with Crippen molar-refractivity contribution in [1.82, 2.24) is 15.8 Å². The van der Waals surface area contributed by atoms with Gasteiger partial charge in [0.25, 0.3) is 17.0 Å². The van der Waals surface area contributed by atoms with Crippen molar-refractivity contribution in [2.45, 2.75) is 24.3 Å². The molecule has 4 rings (SSSR count). The van der Waals surface area contributed by atoms with Gasteiger partial charge in [0.15, 0.2) is 5.58 Å². The van der Waals surface area contributed by atoms with E-state index in [1.54, 1.807) is 24.3 Å². The number of nitrogens with one attached hydrogen (secondary N) is 2. The second-order valence-electron chi connectivity index (χ2n) is 6.85. The number of fused-ring (bicyclic) bond motifs is 1. The maximum Gasteiger partial charge on any atom is 0.270 e. The fourth-order valence-corrected chi connectivity index (χ4v) is 3.91. The molecule has 1 aromatic heterocycles. The molecule has 1 heterocycles. The molecule has 0 radical (unpaired) electrons. The summed E-state index contributed by atoms with van der Waals surface area (Å²) in [6.07, 6.45) is 0.900. The highest BCUT2D eigenvalue weighted by atomic mass is 32.2. The third kappa shape index (κ3) is 4.95. The van der Waals surface area contributed by atoms with Gasteiger partial charge in [-0.05, 0) is 47.9 Å². The van der Waals surface area contributed by atoms with Gasteiger partial charge in [-0.25, -0.2) is 4.98 Å². The number of benzene rings is 3. The van der Waals surface area contributed by atoms with Crippen LogP contribution in [-0.2, 0) is 12.2 Å². The predicted octanol–water partition coefficient (Wildman–Crippen LogP) is 4.76. The van der Waals surface area contributed by atoms with Crippen LogP contribution in [0.2, 0.25) is 0 Å². The van der Waals surface area contributed by atoms with Gasteiger partial charge in [0, 0.05) is 16.9 Å². The summed E-state index contributed by atoms with van der Waals surface area (Å²) >= 11 is 1.41. The Hall–Kier alpha value is -3.58. The van der Waals surface area contributed by atoms with Gasteiger partial charge >= 0.3 is 0 Å². The van der Waals surface area contributed by atoms with E-state index in [0.29, 0.717) is 22.1 Å². The number of carbonyl (C=O) groups is 2. The summed E-state index contributed by atoms with van der Waals surface area (Å²) in [4.78, 5) is 29.4. The molecule has 0 aliphatic carbocycles. The van der Waals surface area contributed by atoms with E-state index < -0.39 is 0 Å². The molecule has 0 aliphatic heterocycles. The first kappa shape index (κ1) is 20.7. The Morgan fingerprint density at radius 3 is 2.39 bits per heavy atom. The molecule has 0 fully saturated rings. The molecule has 156 valence electrons. The van der Waals surface area contributed by atoms with Gasteiger partial charge in [-0.2, -0.15) is 0 Å². The number of aromatic nitrogens is 1. The van der Waals surface area contributed by atoms with Crippen LogP contribution in [0.3, 0.4) is 0 Å². The van der Waals surface area contributed by atoms with E-state index in [0.717, 1.165) is 28.6 Å². The second kappa shape index (κ2) is 9.49. The molecule has 0 saturated heterocycles. The minimum atomic E-state index is -0.382. The normalized spacial score (nSPS) is 10.7. The van der Waals surface area contributed by atoms with Gasteiger partial charge in [0.2, 0.25) is 0 Å². The minimum absolute atomic E-state index is 0.366. The van der Waals surface area contributed by atoms with Crippen molar-refractivity contribution in [3.63, 3.8) is 0 Å². The van der Waals surface area contributed by atoms with Crippen molar-refractivity contribution in [1.29, 1.82) is 0 Å². The molecule has 0 aliphatic rings. The van der Waals surface area contributed by atoms with Crippen LogP contribution in [-0.4, -0.2) is 16.8 Å². The summed E-state index contributed by atoms with van der Waals surface area (Å²) in [5, 5.41) is 0.542. The zero-order valence-corrected chi connectivity index (χ0v) is 17.7. The molecular formula is C24H21N3O3S. The number of para-hydroxylation sites is 2. The number of hydrogen-bond acceptors (Lipinski definition) is 5. The van der Waals surface area contributed by atoms with Crippen LogP contribution >= 0.6 is 11.8 Å². The average molecular weight is 432 g/mol. The van der Waals surface area contributed by atoms with Crippen molar-refractivity contribution in [2.75, 3.05) is 0 Å². The second-order valence-corrected chi connectivity index (χ2v) is 7.78. The molecule has 0 saturated carbocycles. The Bertz CT molecular complexity index is 1190. The molecule has 6 nitrogen and oxygen atoms in total. The predicted molar refractivity (Wildman–Crippen MR) is 121 cm³/mol. The lowest BCUT2D eigenvalue weighted by Crippen LogP contribution is -2.41. The van der Waals surface area contributed by atoms with E-state index in [2.05, 4.69) is 22.8 Å². The molecule has 4 aromatic rings. The Labute approximate surface area is 184 Å². The zero-order valence-electron chi connectivity index (χ0n) is 16.9. The van der Waals surface area contributed by atoms with Crippen LogP contribution in [0.1, 0.15) is 38.8 Å². The molecule has 0 atom stereocenters. The van der Waals surface area contributed by atoms with Gasteiger partial charge in [0.05, 0.1) is 0 Å². The van der Waals surface area contributed by atoms with E-state index in [-0.39, 0.29) is 11.8 Å². The minimum Gasteiger partial charge on any atom is -0.431 e. The monoisotopic (exact) mass is 431 g/mol. The number of rotatable bonds is 6. The molecule has 0 bridgehead atoms. The van der Waals surface area contributed by atoms with E-state index in [1.165, 1.54) is 11.8 Å². The molecule has 0 spiro atoms. The van der Waals surface area contributed by atoms with Crippen LogP contribution < -0.4 is 10.9 Å². The topological polar surface area (TPSA) is 84.2 Å². The quantitative estimate of drug-likeness (QED) is 0.340. The van der Waals surface area contributed by atoms with Crippen LogP contribution in [0, 0.1) is 0 Å². The fraction of sp³-hybridized carbons (Fsp3) is 0.125. The Morgan fingerprint density at radius 2 is 1.61 bits per heavy atom. The smallest absolute Gasteiger partial charge is 0.270 e. The summed E-state index contributed by atoms with van der Waals surface area (Å²) in [5.41, 5.74) is 9.42. The third-order valence-corrected chi connectivity index (χ3v) is 5.68. The van der Waals surface area contributed by atoms with Crippen molar-refractivity contribution in [2.24, 2.45) is 0 Å². The lowest BCUT2D eigenvalue weighted by Gasteiger charge is -2.11. The maximum absolute atomic E-state index is 12.7. The highest BCUT2D eigenvalue weighted by Gasteiger charge is 2.14. The molecule has 0 unspecified atom stereocenters. The van der Waals surface area contributed by atoms with Gasteiger partial charge in [0.1, 0.15) is 5.52 Å². The largest absolute Gasteiger partial charge is 0.431 e. The highest BCUT2D eigenvalue weighted by molar-refractivity contribution is 7.98. The van der Waals surface area contributed by atoms with Gasteiger partial charge < -0.3 is 4.42 Å². The summed E-state index contributed by atoms with van der Waals surface area (Å²) in [6, 6.07) is 22.1. The van der Waals surface area contributed by atoms with Crippen molar-refractivity contribution in [3.05, 3.63) is 95.1 Å². The van der Waals surface area contributed by atoms with E-state index in [9.17, 15) is 9.59 Å². The molecule has 2 N–H and O–H groups in total. The molecular weight excluding hydrogens is 410 g/mol. The lowest BCUT2D eigenvalue weighted by molar-refractivity contribution is 0.0846. The first-order chi connectivity index (χ1) is 15.1. The number of oxazole rings is 1. The van der Waals surface area contributed by atoms with E-state index in [1.807, 2.05) is 48.5 Å². The van der Waals surface area contributed by atoms with Crippen molar-refractivity contribution >= 4 is 34.7 Å². The van der Waals surface area contributed by atoms with Crippen LogP contribution in [0.4, 0.5) is 0 Å². The fourth-order valence-electron chi connectivity index (χ4n) is 3.06. The molecule has 3 aromatic carbocycles. The summed E-state index contributed by atoms with van der Waals surface area (Å²) in [7, 11) is 0. The Morgan fingerprint density at radius 1 is 0.903 bits per heavy atom. The summed E-state index contributed by atoms with van der Waals surface area (Å²) in [5.74, 6) is -0.246. The van der Waals surface area contributed by atoms with E-state index >= 15 is 0 Å². The van der Waals surface area contributed by atoms with Crippen molar-refractivity contribution in [3.8, 4) is 0 Å². The summed E-state index contributed by atoms with van der Waals surface area (Å²) in [6.45, 7) is 2.05. The number of hydrogen-bond donors (Lipinski definition) is 2. The number of nitrogens with zero attached hydrogens (tertiary/aromatic N) is 1. The molecule has 7 heteroatoms. The van der Waals surface area contributed by atoms with Gasteiger partial charge in [-0.1, -0.05) is 61.2 Å². The number of aryl methyl sites for hydroxylation is 1. The number of amides is 2. The zero-order chi connectivity index (χ0) is 21.6. The van der Waals surface area contributed by atoms with E-state index in [4.69, 9.17) is 4.42 Å². The number of hydrazine groups is 1. The van der Waals surface area contributed by atoms with Crippen LogP contribution in [0.5, 0.6) is 0 Å². The lowest BCUT2D eigenvalue weighted by atomic mass is 10.1. The molecule has 31 heavy (non-hydrogen) atoms. The van der Waals surface area contributed by atoms with Crippen molar-refractivity contribution < 1.29 is 14.0 Å². The first-order valence-electron chi connectivity index (χ1n) is 9.90. The maximum atomic E-state index is 12.7. The SMILES string of the molecule is CCc1ccc(C(=O)NNC(=O)c2ccccc2CSc2nc3ccccc3o2)cc1. The first-order valence-corrected chi connectivity index (χ1v) is 10.9. The van der Waals surface area contributed by atoms with Crippen LogP contribution in [0.25, 0.3) is 11.1 Å².